The van der Waals surface area contributed by atoms with Gasteiger partial charge in [0.15, 0.2) is 0 Å². The number of hydrogen-bond acceptors (Lipinski definition) is 2. The zero-order valence-electron chi connectivity index (χ0n) is 62.2. The van der Waals surface area contributed by atoms with Crippen LogP contribution in [0.25, 0.3) is 100 Å². The van der Waals surface area contributed by atoms with Gasteiger partial charge in [0, 0.05) is 50.9 Å². The summed E-state index contributed by atoms with van der Waals surface area (Å²) < 4.78 is 0. The Morgan fingerprint density at radius 3 is 1.17 bits per heavy atom. The molecule has 2 heterocycles. The first kappa shape index (κ1) is 64.6. The highest BCUT2D eigenvalue weighted by molar-refractivity contribution is 7.00. The highest BCUT2D eigenvalue weighted by Gasteiger charge is 2.54. The second-order valence-electron chi connectivity index (χ2n) is 32.5. The van der Waals surface area contributed by atoms with E-state index in [0.717, 1.165) is 73.1 Å². The highest BCUT2D eigenvalue weighted by atomic mass is 15.2. The molecule has 1 spiro atoms. The largest absolute Gasteiger partial charge is 0.310 e. The third-order valence-electron chi connectivity index (χ3n) is 24.5. The van der Waals surface area contributed by atoms with Crippen LogP contribution in [0.15, 0.2) is 364 Å². The SMILES string of the molecule is CC(C)(C)c1ccc(-c2ccc3c(c2)B2c4ccc(C5c6ccccc6-c6ccccc65)cc4N(c4c(-c5ccccc5)cc(C(C)(C)C)cc4-c4ccccc4)c4cc(-c5cccc6c5C5(c7ccccc7-c7ccccc75)c5ccccc5-6)cc(c42)N3c2c(-c3ccccc3)cccc2-c2ccccc2)cc1. The summed E-state index contributed by atoms with van der Waals surface area (Å²) in [7, 11) is 0. The zero-order chi connectivity index (χ0) is 73.0. The second-order valence-corrected chi connectivity index (χ2v) is 32.5. The van der Waals surface area contributed by atoms with Gasteiger partial charge in [-0.05, 0) is 192 Å². The maximum absolute atomic E-state index is 2.79. The van der Waals surface area contributed by atoms with E-state index < -0.39 is 5.41 Å². The van der Waals surface area contributed by atoms with Crippen LogP contribution in [0.1, 0.15) is 97.5 Å². The molecule has 3 heteroatoms. The van der Waals surface area contributed by atoms with Crippen LogP contribution in [-0.4, -0.2) is 6.71 Å². The van der Waals surface area contributed by atoms with E-state index in [4.69, 9.17) is 0 Å². The summed E-state index contributed by atoms with van der Waals surface area (Å²) in [5, 5.41) is 0. The Balaban J connectivity index is 0.960. The molecular weight excluding hydrogens is 1310 g/mol. The van der Waals surface area contributed by atoms with Gasteiger partial charge in [0.2, 0.25) is 0 Å². The van der Waals surface area contributed by atoms with Crippen LogP contribution in [0.2, 0.25) is 0 Å². The van der Waals surface area contributed by atoms with E-state index in [2.05, 4.69) is 415 Å². The molecule has 16 aromatic carbocycles. The molecule has 0 fully saturated rings. The van der Waals surface area contributed by atoms with Crippen molar-refractivity contribution >= 4 is 57.2 Å². The van der Waals surface area contributed by atoms with Gasteiger partial charge in [-0.3, -0.25) is 0 Å². The molecule has 0 unspecified atom stereocenters. The molecular formula is C106H79BN2. The molecule has 0 bridgehead atoms. The average Bonchev–Trinajstić information content (AvgIpc) is 1.58. The summed E-state index contributed by atoms with van der Waals surface area (Å²) in [6.07, 6.45) is 0. The van der Waals surface area contributed by atoms with Gasteiger partial charge < -0.3 is 9.80 Å². The van der Waals surface area contributed by atoms with Gasteiger partial charge in [-0.1, -0.05) is 369 Å². The summed E-state index contributed by atoms with van der Waals surface area (Å²) >= 11 is 0. The fourth-order valence-corrected chi connectivity index (χ4v) is 19.6. The molecule has 3 aliphatic carbocycles. The molecule has 2 nitrogen and oxygen atoms in total. The Labute approximate surface area is 640 Å². The van der Waals surface area contributed by atoms with Gasteiger partial charge in [-0.25, -0.2) is 0 Å². The van der Waals surface area contributed by atoms with Crippen molar-refractivity contribution in [2.75, 3.05) is 9.80 Å². The summed E-state index contributed by atoms with van der Waals surface area (Å²) in [4.78, 5) is 5.51. The van der Waals surface area contributed by atoms with E-state index >= 15 is 0 Å². The van der Waals surface area contributed by atoms with Crippen molar-refractivity contribution in [3.05, 3.63) is 414 Å². The predicted octanol–water partition coefficient (Wildman–Crippen LogP) is 25.9. The molecule has 109 heavy (non-hydrogen) atoms. The molecule has 0 N–H and O–H groups in total. The number of hydrogen-bond donors (Lipinski definition) is 0. The fourth-order valence-electron chi connectivity index (χ4n) is 19.6. The molecule has 0 saturated heterocycles. The van der Waals surface area contributed by atoms with Gasteiger partial charge >= 0.3 is 0 Å². The number of fused-ring (bicyclic) bond motifs is 17. The zero-order valence-corrected chi connectivity index (χ0v) is 62.2. The number of anilines is 6. The standard InChI is InChI=1S/C106H79BN2/c1-104(2,3)75-57-53-67(54-58-75)72-56-60-95-94(61-72)107-93-59-55-73(99-85-44-21-19-39-80(85)81-40-20-22-45-86(81)99)62-96(93)109(103-88(70-35-15-9-16-36-70)65-76(105(4,5)6)66-89(103)71-37-17-10-18-38-71)98-64-74(63-97(101(98)107)108(95)102-78(68-31-11-7-12-32-68)47-30-48-79(102)69-33-13-8-14-34-69)77-46-29-49-87-84-43-25-28-52-92(84)106(100(77)87)90-50-26-23-41-82(90)83-42-24-27-51-91(83)106/h7-66,99H,1-6H3. The van der Waals surface area contributed by atoms with Gasteiger partial charge in [0.1, 0.15) is 0 Å². The molecule has 0 amide bonds. The van der Waals surface area contributed by atoms with E-state index in [0.29, 0.717) is 0 Å². The molecule has 0 radical (unpaired) electrons. The first-order valence-electron chi connectivity index (χ1n) is 38.7. The molecule has 21 rings (SSSR count). The maximum Gasteiger partial charge on any atom is 0.252 e. The lowest BCUT2D eigenvalue weighted by Crippen LogP contribution is -2.61. The Bertz CT molecular complexity index is 6150. The number of benzene rings is 16. The van der Waals surface area contributed by atoms with Crippen LogP contribution in [0.5, 0.6) is 0 Å². The number of nitrogens with zero attached hydrogens (tertiary/aromatic N) is 2. The van der Waals surface area contributed by atoms with Crippen molar-refractivity contribution < 1.29 is 0 Å². The second kappa shape index (κ2) is 24.6. The van der Waals surface area contributed by atoms with Crippen LogP contribution < -0.4 is 26.2 Å². The predicted molar refractivity (Wildman–Crippen MR) is 460 cm³/mol. The molecule has 5 aliphatic rings. The van der Waals surface area contributed by atoms with E-state index in [1.165, 1.54) is 128 Å². The van der Waals surface area contributed by atoms with Crippen molar-refractivity contribution in [1.29, 1.82) is 0 Å². The lowest BCUT2D eigenvalue weighted by atomic mass is 9.33. The van der Waals surface area contributed by atoms with Crippen LogP contribution in [0, 0.1) is 0 Å². The summed E-state index contributed by atoms with van der Waals surface area (Å²) in [6, 6.07) is 140. The Morgan fingerprint density at radius 1 is 0.257 bits per heavy atom. The fraction of sp³-hybridized carbons (Fsp3) is 0.0943. The van der Waals surface area contributed by atoms with Crippen LogP contribution in [0.3, 0.4) is 0 Å². The van der Waals surface area contributed by atoms with Gasteiger partial charge in [0.25, 0.3) is 6.71 Å². The van der Waals surface area contributed by atoms with Crippen LogP contribution >= 0.6 is 0 Å². The van der Waals surface area contributed by atoms with Gasteiger partial charge in [-0.2, -0.15) is 0 Å². The van der Waals surface area contributed by atoms with Crippen molar-refractivity contribution in [1.82, 2.24) is 0 Å². The normalized spacial score (nSPS) is 13.8. The minimum Gasteiger partial charge on any atom is -0.310 e. The molecule has 16 aromatic rings. The average molecular weight is 1390 g/mol. The molecule has 516 valence electrons. The minimum absolute atomic E-state index is 0.0140. The van der Waals surface area contributed by atoms with E-state index in [-0.39, 0.29) is 23.5 Å². The first-order valence-corrected chi connectivity index (χ1v) is 38.7. The topological polar surface area (TPSA) is 6.48 Å². The lowest BCUT2D eigenvalue weighted by molar-refractivity contribution is 0.590. The van der Waals surface area contributed by atoms with E-state index in [1.54, 1.807) is 0 Å². The van der Waals surface area contributed by atoms with E-state index in [9.17, 15) is 0 Å². The summed E-state index contributed by atoms with van der Waals surface area (Å²) in [5.74, 6) is -0.0297. The first-order chi connectivity index (χ1) is 53.4. The van der Waals surface area contributed by atoms with Crippen molar-refractivity contribution in [3.63, 3.8) is 0 Å². The van der Waals surface area contributed by atoms with Crippen LogP contribution in [-0.2, 0) is 16.2 Å². The smallest absolute Gasteiger partial charge is 0.252 e. The van der Waals surface area contributed by atoms with Crippen LogP contribution in [0.4, 0.5) is 34.1 Å². The Morgan fingerprint density at radius 2 is 0.661 bits per heavy atom. The molecule has 0 aromatic heterocycles. The highest BCUT2D eigenvalue weighted by Crippen LogP contribution is 2.66. The monoisotopic (exact) mass is 1390 g/mol. The third kappa shape index (κ3) is 9.82. The third-order valence-corrected chi connectivity index (χ3v) is 24.5. The lowest BCUT2D eigenvalue weighted by Gasteiger charge is -2.46. The molecule has 0 saturated carbocycles. The Kier molecular flexibility index (Phi) is 14.6. The molecule has 2 aliphatic heterocycles. The van der Waals surface area contributed by atoms with Crippen molar-refractivity contribution in [2.24, 2.45) is 0 Å². The minimum atomic E-state index is -0.654. The van der Waals surface area contributed by atoms with Crippen molar-refractivity contribution in [2.45, 2.75) is 63.7 Å². The number of para-hydroxylation sites is 1. The maximum atomic E-state index is 2.79. The summed E-state index contributed by atoms with van der Waals surface area (Å²) in [6.45, 7) is 13.8. The van der Waals surface area contributed by atoms with Crippen molar-refractivity contribution in [3.8, 4) is 100 Å². The molecule has 0 atom stereocenters. The Hall–Kier alpha value is -12.8. The van der Waals surface area contributed by atoms with E-state index in [1.807, 2.05) is 0 Å². The quantitative estimate of drug-likeness (QED) is 0.133. The summed E-state index contributed by atoms with van der Waals surface area (Å²) in [5.41, 5.74) is 43.0. The van der Waals surface area contributed by atoms with Gasteiger partial charge in [-0.15, -0.1) is 0 Å². The number of rotatable bonds is 9. The van der Waals surface area contributed by atoms with Gasteiger partial charge in [0.05, 0.1) is 16.8 Å².